The second kappa shape index (κ2) is 36.3. The van der Waals surface area contributed by atoms with E-state index in [2.05, 4.69) is 54.8 Å². The third-order valence-electron chi connectivity index (χ3n) is 13.4. The molecule has 452 valence electrons. The number of carbonyl (C=O) groups is 11. The highest BCUT2D eigenvalue weighted by molar-refractivity contribution is 5.99. The van der Waals surface area contributed by atoms with Gasteiger partial charge in [0, 0.05) is 6.42 Å². The van der Waals surface area contributed by atoms with Crippen LogP contribution >= 0.6 is 0 Å². The van der Waals surface area contributed by atoms with Gasteiger partial charge in [-0.1, -0.05) is 115 Å². The monoisotopic (exact) mass is 1130 g/mol. The number of nitrogens with one attached hydrogen (secondary N) is 9. The van der Waals surface area contributed by atoms with Gasteiger partial charge >= 0.3 is 11.9 Å². The molecular formula is C54H95N9O16. The van der Waals surface area contributed by atoms with Crippen molar-refractivity contribution in [3.05, 3.63) is 0 Å². The fourth-order valence-corrected chi connectivity index (χ4v) is 8.61. The minimum absolute atomic E-state index is 0.0100. The smallest absolute Gasteiger partial charge is 0.329 e. The zero-order valence-electron chi connectivity index (χ0n) is 48.5. The van der Waals surface area contributed by atoms with Gasteiger partial charge in [-0.25, -0.2) is 4.79 Å². The first-order valence-corrected chi connectivity index (χ1v) is 28.0. The van der Waals surface area contributed by atoms with Crippen molar-refractivity contribution in [3.63, 3.8) is 0 Å². The fraction of sp³-hybridized carbons (Fsp3) is 0.796. The fourth-order valence-electron chi connectivity index (χ4n) is 8.61. The Balaban J connectivity index is 3.99. The summed E-state index contributed by atoms with van der Waals surface area (Å²) in [6.07, 6.45) is 1.05. The molecule has 1 aliphatic heterocycles. The van der Waals surface area contributed by atoms with Crippen molar-refractivity contribution >= 4 is 65.1 Å². The van der Waals surface area contributed by atoms with E-state index in [4.69, 9.17) is 4.74 Å². The summed E-state index contributed by atoms with van der Waals surface area (Å²) in [4.78, 5) is 152. The van der Waals surface area contributed by atoms with Crippen molar-refractivity contribution in [1.29, 1.82) is 0 Å². The highest BCUT2D eigenvalue weighted by Gasteiger charge is 2.40. The molecule has 1 saturated heterocycles. The van der Waals surface area contributed by atoms with E-state index in [-0.39, 0.29) is 49.9 Å². The van der Waals surface area contributed by atoms with Crippen molar-refractivity contribution in [2.24, 2.45) is 29.6 Å². The maximum absolute atomic E-state index is 14.7. The zero-order valence-corrected chi connectivity index (χ0v) is 48.5. The van der Waals surface area contributed by atoms with E-state index in [0.29, 0.717) is 12.8 Å². The molecule has 0 bridgehead atoms. The Morgan fingerprint density at radius 1 is 0.582 bits per heavy atom. The lowest BCUT2D eigenvalue weighted by Crippen LogP contribution is -2.64. The maximum Gasteiger partial charge on any atom is 0.329 e. The molecule has 0 saturated carbocycles. The molecule has 0 aromatic heterocycles. The number of carboxylic acids is 1. The first-order valence-electron chi connectivity index (χ1n) is 28.0. The molecular weight excluding hydrogens is 1030 g/mol. The van der Waals surface area contributed by atoms with Crippen molar-refractivity contribution in [1.82, 2.24) is 47.9 Å². The Morgan fingerprint density at radius 3 is 1.56 bits per heavy atom. The van der Waals surface area contributed by atoms with Gasteiger partial charge in [-0.05, 0) is 68.6 Å². The van der Waals surface area contributed by atoms with Crippen LogP contribution in [0.2, 0.25) is 0 Å². The van der Waals surface area contributed by atoms with Crippen LogP contribution in [-0.4, -0.2) is 165 Å². The van der Waals surface area contributed by atoms with E-state index in [1.807, 2.05) is 0 Å². The summed E-state index contributed by atoms with van der Waals surface area (Å²) in [5, 5.41) is 63.5. The van der Waals surface area contributed by atoms with Gasteiger partial charge in [0.2, 0.25) is 53.2 Å². The molecule has 0 aromatic rings. The summed E-state index contributed by atoms with van der Waals surface area (Å²) in [7, 11) is 0. The van der Waals surface area contributed by atoms with E-state index in [1.54, 1.807) is 69.2 Å². The van der Waals surface area contributed by atoms with Gasteiger partial charge in [0.05, 0.1) is 25.7 Å². The number of esters is 1. The Hall–Kier alpha value is -5.95. The molecule has 13 N–H and O–H groups in total. The summed E-state index contributed by atoms with van der Waals surface area (Å²) in [5.74, 6) is -13.4. The first kappa shape index (κ1) is 71.1. The number of hydrogen-bond donors (Lipinski definition) is 13. The largest absolute Gasteiger partial charge is 0.481 e. The van der Waals surface area contributed by atoms with Crippen LogP contribution in [0.3, 0.4) is 0 Å². The number of ether oxygens (including phenoxy) is 1. The predicted molar refractivity (Wildman–Crippen MR) is 291 cm³/mol. The van der Waals surface area contributed by atoms with Gasteiger partial charge in [-0.3, -0.25) is 47.9 Å². The van der Waals surface area contributed by atoms with Crippen LogP contribution in [0.5, 0.6) is 0 Å². The molecule has 12 atom stereocenters. The average Bonchev–Trinajstić information content (AvgIpc) is 3.36. The summed E-state index contributed by atoms with van der Waals surface area (Å²) in [6, 6.07) is -14.1. The van der Waals surface area contributed by atoms with E-state index < -0.39 is 170 Å². The standard InChI is InChI=1S/C54H95N9O16/c1-13-15-16-17-18-19-34(66)25-41(67)55-36(22-28(3)4)47(71)56-35(20-21-42(68)69)46(70)63-45-33(12)79-54(78)44(32(11)14-2)62-51(75)40(27-65)60-48(72)37(23-29(5)6)57-50(74)39(26-64)59-49(73)38(24-30(7)8)58-52(76)43(31(9)10)61-53(45)77/h28-40,43-45,64-66H,13-27H2,1-12H3,(H,55,67)(H,56,71)(H,57,74)(H,58,76)(H,59,73)(H,60,72)(H,61,77)(H,62,75)(H,63,70)(H,68,69)/t32?,33?,34-,35?,36?,37?,38?,39?,40?,43?,44?,45?/m1/s1. The van der Waals surface area contributed by atoms with Crippen LogP contribution in [0, 0.1) is 29.6 Å². The van der Waals surface area contributed by atoms with Crippen LogP contribution in [0.1, 0.15) is 167 Å². The molecule has 0 aliphatic carbocycles. The summed E-state index contributed by atoms with van der Waals surface area (Å²) < 4.78 is 5.82. The number of aliphatic carboxylic acids is 1. The van der Waals surface area contributed by atoms with Gasteiger partial charge in [0.15, 0.2) is 0 Å². The Bertz CT molecular complexity index is 2020. The van der Waals surface area contributed by atoms with Gasteiger partial charge in [-0.15, -0.1) is 0 Å². The van der Waals surface area contributed by atoms with Crippen molar-refractivity contribution in [2.75, 3.05) is 13.2 Å². The zero-order chi connectivity index (χ0) is 60.3. The number of unbranched alkanes of at least 4 members (excludes halogenated alkanes) is 4. The molecule has 79 heavy (non-hydrogen) atoms. The number of rotatable bonds is 27. The summed E-state index contributed by atoms with van der Waals surface area (Å²) in [5.41, 5.74) is 0. The Labute approximate surface area is 465 Å². The molecule has 25 heteroatoms. The molecule has 1 fully saturated rings. The normalized spacial score (nSPS) is 24.0. The summed E-state index contributed by atoms with van der Waals surface area (Å²) in [6.45, 7) is 18.2. The van der Waals surface area contributed by atoms with Crippen LogP contribution < -0.4 is 47.9 Å². The number of aliphatic hydroxyl groups is 3. The van der Waals surface area contributed by atoms with E-state index >= 15 is 0 Å². The van der Waals surface area contributed by atoms with E-state index in [9.17, 15) is 73.2 Å². The number of carboxylic acid groups (broad SMARTS) is 1. The van der Waals surface area contributed by atoms with Gasteiger partial charge in [0.1, 0.15) is 60.5 Å². The molecule has 0 aromatic carbocycles. The summed E-state index contributed by atoms with van der Waals surface area (Å²) >= 11 is 0. The lowest BCUT2D eigenvalue weighted by Gasteiger charge is -2.32. The van der Waals surface area contributed by atoms with Gasteiger partial charge in [-0.2, -0.15) is 0 Å². The minimum atomic E-state index is -1.95. The third-order valence-corrected chi connectivity index (χ3v) is 13.4. The number of hydrogen-bond acceptors (Lipinski definition) is 15. The number of carbonyl (C=O) groups excluding carboxylic acids is 10. The lowest BCUT2D eigenvalue weighted by molar-refractivity contribution is -0.158. The Morgan fingerprint density at radius 2 is 1.08 bits per heavy atom. The van der Waals surface area contributed by atoms with Crippen molar-refractivity contribution in [3.8, 4) is 0 Å². The van der Waals surface area contributed by atoms with E-state index in [0.717, 1.165) is 25.7 Å². The van der Waals surface area contributed by atoms with Crippen LogP contribution in [0.4, 0.5) is 0 Å². The molecule has 1 heterocycles. The molecule has 25 nitrogen and oxygen atoms in total. The van der Waals surface area contributed by atoms with Gasteiger partial charge < -0.3 is 73.0 Å². The quantitative estimate of drug-likeness (QED) is 0.0383. The molecule has 11 unspecified atom stereocenters. The van der Waals surface area contributed by atoms with Crippen molar-refractivity contribution in [2.45, 2.75) is 233 Å². The topological polar surface area (TPSA) is 386 Å². The highest BCUT2D eigenvalue weighted by Crippen LogP contribution is 2.17. The van der Waals surface area contributed by atoms with Crippen LogP contribution in [0.15, 0.2) is 0 Å². The SMILES string of the molecule is CCCCCCC[C@@H](O)CC(=O)NC(CC(C)C)C(=O)NC(CCC(=O)O)C(=O)NC1C(=O)NC(C(C)C)C(=O)NC(CC(C)C)C(=O)NC(CO)C(=O)NC(CC(C)C)C(=O)NC(CO)C(=O)NC(C(C)CC)C(=O)OC1C. The number of aliphatic hydroxyl groups excluding tert-OH is 3. The molecule has 9 amide bonds. The minimum Gasteiger partial charge on any atom is -0.481 e. The molecule has 0 radical (unpaired) electrons. The van der Waals surface area contributed by atoms with Gasteiger partial charge in [0.25, 0.3) is 0 Å². The van der Waals surface area contributed by atoms with Crippen molar-refractivity contribution < 1.29 is 77.9 Å². The number of cyclic esters (lactones) is 1. The second-order valence-corrected chi connectivity index (χ2v) is 22.4. The predicted octanol–water partition coefficient (Wildman–Crippen LogP) is 0.0962. The second-order valence-electron chi connectivity index (χ2n) is 22.4. The highest BCUT2D eigenvalue weighted by atomic mass is 16.5. The average molecular weight is 1130 g/mol. The molecule has 1 rings (SSSR count). The third kappa shape index (κ3) is 26.3. The van der Waals surface area contributed by atoms with Crippen LogP contribution in [-0.2, 0) is 57.5 Å². The van der Waals surface area contributed by atoms with Crippen LogP contribution in [0.25, 0.3) is 0 Å². The number of amides is 9. The Kier molecular flexibility index (Phi) is 32.7. The maximum atomic E-state index is 14.7. The van der Waals surface area contributed by atoms with E-state index in [1.165, 1.54) is 6.92 Å². The molecule has 1 aliphatic rings. The lowest BCUT2D eigenvalue weighted by atomic mass is 9.98. The first-order chi connectivity index (χ1) is 37.0. The molecule has 0 spiro atoms.